The monoisotopic (exact) mass is 356 g/mol. The summed E-state index contributed by atoms with van der Waals surface area (Å²) in [6, 6.07) is 14.3. The van der Waals surface area contributed by atoms with Crippen molar-refractivity contribution >= 4 is 23.4 Å². The van der Waals surface area contributed by atoms with E-state index in [1.54, 1.807) is 0 Å². The van der Waals surface area contributed by atoms with Crippen molar-refractivity contribution in [1.29, 1.82) is 0 Å². The maximum absolute atomic E-state index is 12.7. The summed E-state index contributed by atoms with van der Waals surface area (Å²) in [6.45, 7) is 3.52. The van der Waals surface area contributed by atoms with Crippen molar-refractivity contribution in [3.05, 3.63) is 75.3 Å². The summed E-state index contributed by atoms with van der Waals surface area (Å²) in [7, 11) is 0. The van der Waals surface area contributed by atoms with Gasteiger partial charge in [0, 0.05) is 41.8 Å². The van der Waals surface area contributed by atoms with E-state index in [-0.39, 0.29) is 11.6 Å². The van der Waals surface area contributed by atoms with Crippen molar-refractivity contribution in [2.75, 3.05) is 18.8 Å². The number of hydrogen-bond acceptors (Lipinski definition) is 4. The standard InChI is InChI=1S/C19H20N2O3S/c1-14-4-2-3-5-17(14)18-10-11-20(12-13-25-18)19(22)15-6-8-16(9-7-15)21(23)24/h2-9,18H,10-13H2,1H3. The summed E-state index contributed by atoms with van der Waals surface area (Å²) in [6.07, 6.45) is 0.911. The van der Waals surface area contributed by atoms with Crippen molar-refractivity contribution in [3.8, 4) is 0 Å². The van der Waals surface area contributed by atoms with Crippen LogP contribution in [0.1, 0.15) is 33.2 Å². The van der Waals surface area contributed by atoms with Gasteiger partial charge in [-0.1, -0.05) is 24.3 Å². The smallest absolute Gasteiger partial charge is 0.269 e. The lowest BCUT2D eigenvalue weighted by atomic mass is 10.0. The molecule has 1 fully saturated rings. The molecular formula is C19H20N2O3S. The fourth-order valence-electron chi connectivity index (χ4n) is 3.08. The molecular weight excluding hydrogens is 336 g/mol. The number of amides is 1. The van der Waals surface area contributed by atoms with E-state index >= 15 is 0 Å². The summed E-state index contributed by atoms with van der Waals surface area (Å²) in [5.74, 6) is 0.832. The molecule has 25 heavy (non-hydrogen) atoms. The Bertz CT molecular complexity index is 776. The molecule has 2 aromatic carbocycles. The number of benzene rings is 2. The number of carbonyl (C=O) groups is 1. The lowest BCUT2D eigenvalue weighted by Gasteiger charge is -2.20. The average molecular weight is 356 g/mol. The fourth-order valence-corrected chi connectivity index (χ4v) is 4.40. The summed E-state index contributed by atoms with van der Waals surface area (Å²) in [4.78, 5) is 24.8. The van der Waals surface area contributed by atoms with Gasteiger partial charge in [-0.2, -0.15) is 11.8 Å². The number of non-ortho nitro benzene ring substituents is 1. The first-order valence-corrected chi connectivity index (χ1v) is 9.32. The van der Waals surface area contributed by atoms with Crippen LogP contribution < -0.4 is 0 Å². The average Bonchev–Trinajstić information content (AvgIpc) is 2.87. The predicted octanol–water partition coefficient (Wildman–Crippen LogP) is 4.22. The Kier molecular flexibility index (Phi) is 5.38. The van der Waals surface area contributed by atoms with E-state index in [1.807, 2.05) is 22.7 Å². The predicted molar refractivity (Wildman–Crippen MR) is 100.0 cm³/mol. The number of nitro benzene ring substituents is 1. The molecule has 0 N–H and O–H groups in total. The summed E-state index contributed by atoms with van der Waals surface area (Å²) in [5, 5.41) is 11.1. The van der Waals surface area contributed by atoms with Gasteiger partial charge in [0.05, 0.1) is 4.92 Å². The SMILES string of the molecule is Cc1ccccc1C1CCN(C(=O)c2ccc([N+](=O)[O-])cc2)CCS1. The van der Waals surface area contributed by atoms with Gasteiger partial charge in [-0.15, -0.1) is 0 Å². The van der Waals surface area contributed by atoms with Gasteiger partial charge < -0.3 is 4.90 Å². The van der Waals surface area contributed by atoms with E-state index in [0.29, 0.717) is 23.9 Å². The zero-order valence-electron chi connectivity index (χ0n) is 14.1. The highest BCUT2D eigenvalue weighted by Crippen LogP contribution is 2.36. The minimum atomic E-state index is -0.455. The molecule has 0 saturated carbocycles. The van der Waals surface area contributed by atoms with E-state index in [2.05, 4.69) is 25.1 Å². The molecule has 0 aromatic heterocycles. The zero-order valence-corrected chi connectivity index (χ0v) is 14.9. The second kappa shape index (κ2) is 7.70. The van der Waals surface area contributed by atoms with Gasteiger partial charge in [0.15, 0.2) is 0 Å². The largest absolute Gasteiger partial charge is 0.338 e. The van der Waals surface area contributed by atoms with E-state index in [4.69, 9.17) is 0 Å². The quantitative estimate of drug-likeness (QED) is 0.610. The first-order valence-electron chi connectivity index (χ1n) is 8.27. The van der Waals surface area contributed by atoms with Gasteiger partial charge in [0.25, 0.3) is 11.6 Å². The molecule has 5 nitrogen and oxygen atoms in total. The van der Waals surface area contributed by atoms with Crippen LogP contribution in [0, 0.1) is 17.0 Å². The lowest BCUT2D eigenvalue weighted by molar-refractivity contribution is -0.384. The second-order valence-corrected chi connectivity index (χ2v) is 7.41. The highest BCUT2D eigenvalue weighted by atomic mass is 32.2. The molecule has 6 heteroatoms. The van der Waals surface area contributed by atoms with Crippen LogP contribution in [-0.4, -0.2) is 34.6 Å². The number of nitrogens with zero attached hydrogens (tertiary/aromatic N) is 2. The van der Waals surface area contributed by atoms with Gasteiger partial charge >= 0.3 is 0 Å². The van der Waals surface area contributed by atoms with Crippen LogP contribution in [-0.2, 0) is 0 Å². The van der Waals surface area contributed by atoms with E-state index in [1.165, 1.54) is 35.4 Å². The molecule has 0 radical (unpaired) electrons. The highest BCUT2D eigenvalue weighted by Gasteiger charge is 2.23. The molecule has 1 aliphatic rings. The zero-order chi connectivity index (χ0) is 17.8. The molecule has 1 saturated heterocycles. The maximum Gasteiger partial charge on any atom is 0.269 e. The number of aryl methyl sites for hydroxylation is 1. The molecule has 1 unspecified atom stereocenters. The van der Waals surface area contributed by atoms with Crippen LogP contribution in [0.25, 0.3) is 0 Å². The second-order valence-electron chi connectivity index (χ2n) is 6.10. The minimum Gasteiger partial charge on any atom is -0.338 e. The van der Waals surface area contributed by atoms with Gasteiger partial charge in [0.2, 0.25) is 0 Å². The van der Waals surface area contributed by atoms with Crippen molar-refractivity contribution < 1.29 is 9.72 Å². The molecule has 1 heterocycles. The molecule has 2 aromatic rings. The Hall–Kier alpha value is -2.34. The van der Waals surface area contributed by atoms with Crippen molar-refractivity contribution in [2.45, 2.75) is 18.6 Å². The van der Waals surface area contributed by atoms with Crippen molar-refractivity contribution in [1.82, 2.24) is 4.90 Å². The summed E-state index contributed by atoms with van der Waals surface area (Å²) in [5.41, 5.74) is 3.14. The van der Waals surface area contributed by atoms with Crippen LogP contribution in [0.5, 0.6) is 0 Å². The van der Waals surface area contributed by atoms with Crippen LogP contribution in [0.2, 0.25) is 0 Å². The number of thioether (sulfide) groups is 1. The summed E-state index contributed by atoms with van der Waals surface area (Å²) < 4.78 is 0. The Balaban J connectivity index is 1.69. The Morgan fingerprint density at radius 3 is 2.56 bits per heavy atom. The molecule has 0 spiro atoms. The number of carbonyl (C=O) groups excluding carboxylic acids is 1. The van der Waals surface area contributed by atoms with Gasteiger partial charge in [-0.05, 0) is 36.6 Å². The molecule has 0 aliphatic carbocycles. The Labute approximate surface area is 151 Å². The van der Waals surface area contributed by atoms with Crippen LogP contribution >= 0.6 is 11.8 Å². The molecule has 0 bridgehead atoms. The lowest BCUT2D eigenvalue weighted by Crippen LogP contribution is -2.32. The Morgan fingerprint density at radius 1 is 1.16 bits per heavy atom. The number of rotatable bonds is 3. The van der Waals surface area contributed by atoms with E-state index in [9.17, 15) is 14.9 Å². The van der Waals surface area contributed by atoms with Crippen molar-refractivity contribution in [2.24, 2.45) is 0 Å². The highest BCUT2D eigenvalue weighted by molar-refractivity contribution is 7.99. The van der Waals surface area contributed by atoms with Crippen LogP contribution in [0.15, 0.2) is 48.5 Å². The van der Waals surface area contributed by atoms with E-state index in [0.717, 1.165) is 12.2 Å². The third-order valence-electron chi connectivity index (χ3n) is 4.49. The van der Waals surface area contributed by atoms with E-state index < -0.39 is 4.92 Å². The molecule has 130 valence electrons. The van der Waals surface area contributed by atoms with Gasteiger partial charge in [-0.25, -0.2) is 0 Å². The third-order valence-corrected chi connectivity index (χ3v) is 5.80. The topological polar surface area (TPSA) is 63.5 Å². The fraction of sp³-hybridized carbons (Fsp3) is 0.316. The van der Waals surface area contributed by atoms with Crippen LogP contribution in [0.3, 0.4) is 0 Å². The first-order chi connectivity index (χ1) is 12.1. The van der Waals surface area contributed by atoms with Crippen molar-refractivity contribution in [3.63, 3.8) is 0 Å². The Morgan fingerprint density at radius 2 is 1.88 bits per heavy atom. The summed E-state index contributed by atoms with van der Waals surface area (Å²) >= 11 is 1.89. The number of hydrogen-bond donors (Lipinski definition) is 0. The minimum absolute atomic E-state index is 0.00240. The maximum atomic E-state index is 12.7. The van der Waals surface area contributed by atoms with Gasteiger partial charge in [0.1, 0.15) is 0 Å². The first kappa shape index (κ1) is 17.5. The molecule has 1 amide bonds. The molecule has 3 rings (SSSR count). The normalized spacial score (nSPS) is 17.8. The molecule has 1 atom stereocenters. The van der Waals surface area contributed by atoms with Gasteiger partial charge in [-0.3, -0.25) is 14.9 Å². The van der Waals surface area contributed by atoms with Crippen LogP contribution in [0.4, 0.5) is 5.69 Å². The number of nitro groups is 1. The third kappa shape index (κ3) is 4.02. The molecule has 1 aliphatic heterocycles.